The van der Waals surface area contributed by atoms with E-state index in [2.05, 4.69) is 0 Å². The molecule has 288 valence electrons. The molecule has 0 aliphatic heterocycles. The molecule has 4 aromatic rings. The first-order valence-electron chi connectivity index (χ1n) is 15.8. The molecule has 2 N–H and O–H groups in total. The van der Waals surface area contributed by atoms with Gasteiger partial charge in [-0.25, -0.2) is 9.18 Å². The monoisotopic (exact) mass is 781 g/mol. The molecule has 0 unspecified atom stereocenters. The molecule has 4 aromatic carbocycles. The number of ether oxygens (including phenoxy) is 3. The van der Waals surface area contributed by atoms with Gasteiger partial charge in [0.15, 0.2) is 6.10 Å². The Hall–Kier alpha value is -4.50. The largest absolute Gasteiger partial charge is 1.00 e. The molecule has 0 saturated carbocycles. The zero-order valence-corrected chi connectivity index (χ0v) is 29.3. The van der Waals surface area contributed by atoms with Crippen molar-refractivity contribution in [2.45, 2.75) is 70.5 Å². The average molecular weight is 782 g/mol. The van der Waals surface area contributed by atoms with E-state index in [0.29, 0.717) is 17.7 Å². The van der Waals surface area contributed by atoms with Crippen molar-refractivity contribution in [2.24, 2.45) is 0 Å². The number of methoxy groups -OCH3 is 1. The van der Waals surface area contributed by atoms with E-state index in [1.54, 1.807) is 44.2 Å². The van der Waals surface area contributed by atoms with Gasteiger partial charge < -0.3 is 31.9 Å². The van der Waals surface area contributed by atoms with Gasteiger partial charge in [0.25, 0.3) is 0 Å². The van der Waals surface area contributed by atoms with E-state index in [1.165, 1.54) is 25.4 Å². The number of carbonyl (C=O) groups is 1. The minimum absolute atomic E-state index is 0. The highest BCUT2D eigenvalue weighted by Crippen LogP contribution is 2.40. The topological polar surface area (TPSA) is 61.4 Å². The molecule has 4 rings (SSSR count). The van der Waals surface area contributed by atoms with Crippen molar-refractivity contribution >= 4 is 6.16 Å². The average Bonchev–Trinajstić information content (AvgIpc) is 3.07. The van der Waals surface area contributed by atoms with Crippen LogP contribution in [0.4, 0.5) is 48.7 Å². The van der Waals surface area contributed by atoms with Crippen LogP contribution in [0.2, 0.25) is 0 Å². The smallest absolute Gasteiger partial charge is 0.509 e. The molecular formula is C37H34ClF10NO4. The van der Waals surface area contributed by atoms with Gasteiger partial charge in [-0.05, 0) is 71.5 Å². The third-order valence-electron chi connectivity index (χ3n) is 8.21. The second-order valence-electron chi connectivity index (χ2n) is 12.3. The van der Waals surface area contributed by atoms with Gasteiger partial charge >= 0.3 is 24.7 Å². The van der Waals surface area contributed by atoms with E-state index in [1.807, 2.05) is 0 Å². The molecule has 0 bridgehead atoms. The predicted octanol–water partition coefficient (Wildman–Crippen LogP) is 7.23. The fourth-order valence-corrected chi connectivity index (χ4v) is 5.51. The summed E-state index contributed by atoms with van der Waals surface area (Å²) in [5.41, 5.74) is -3.89. The van der Waals surface area contributed by atoms with Crippen LogP contribution in [-0.4, -0.2) is 19.3 Å². The molecule has 2 atom stereocenters. The van der Waals surface area contributed by atoms with Crippen molar-refractivity contribution in [3.05, 3.63) is 124 Å². The van der Waals surface area contributed by atoms with E-state index in [9.17, 15) is 48.7 Å². The minimum atomic E-state index is -5.22. The molecule has 16 heteroatoms. The fraction of sp³-hybridized carbons (Fsp3) is 0.324. The van der Waals surface area contributed by atoms with E-state index in [4.69, 9.17) is 14.2 Å². The van der Waals surface area contributed by atoms with Crippen LogP contribution in [-0.2, 0) is 41.2 Å². The van der Waals surface area contributed by atoms with Crippen LogP contribution in [0.1, 0.15) is 71.7 Å². The highest BCUT2D eigenvalue weighted by molar-refractivity contribution is 5.75. The molecular weight excluding hydrogens is 748 g/mol. The number of halogens is 11. The predicted molar refractivity (Wildman–Crippen MR) is 169 cm³/mol. The van der Waals surface area contributed by atoms with Gasteiger partial charge in [-0.15, -0.1) is 0 Å². The zero-order chi connectivity index (χ0) is 38.6. The number of hydrogen-bond acceptors (Lipinski definition) is 4. The summed E-state index contributed by atoms with van der Waals surface area (Å²) in [6.45, 7) is 4.03. The van der Waals surface area contributed by atoms with E-state index in [0.717, 1.165) is 24.3 Å². The Balaban J connectivity index is 0.00000756. The molecule has 53 heavy (non-hydrogen) atoms. The highest BCUT2D eigenvalue weighted by Gasteiger charge is 2.39. The Morgan fingerprint density at radius 2 is 1.32 bits per heavy atom. The Morgan fingerprint density at radius 1 is 0.736 bits per heavy atom. The van der Waals surface area contributed by atoms with Crippen LogP contribution in [0, 0.1) is 5.82 Å². The summed E-state index contributed by atoms with van der Waals surface area (Å²) in [7, 11) is 1.24. The number of alkyl halides is 9. The van der Waals surface area contributed by atoms with Gasteiger partial charge in [0.2, 0.25) is 0 Å². The summed E-state index contributed by atoms with van der Waals surface area (Å²) in [6, 6.07) is 13.0. The third-order valence-corrected chi connectivity index (χ3v) is 8.21. The number of carbonyl (C=O) groups excluding carboxylic acids is 1. The second-order valence-corrected chi connectivity index (χ2v) is 12.3. The third kappa shape index (κ3) is 11.0. The zero-order valence-electron chi connectivity index (χ0n) is 28.5. The van der Waals surface area contributed by atoms with Crippen molar-refractivity contribution in [1.29, 1.82) is 0 Å². The number of hydrogen-bond donors (Lipinski definition) is 1. The summed E-state index contributed by atoms with van der Waals surface area (Å²) in [5, 5.41) is 1.29. The summed E-state index contributed by atoms with van der Waals surface area (Å²) in [6.07, 6.45) is -18.5. The van der Waals surface area contributed by atoms with E-state index in [-0.39, 0.29) is 65.5 Å². The molecule has 0 saturated heterocycles. The SMILES string of the molecule is COc1cc(F)c(C(C)C)cc1-c1ccc(C(F)(F)F)cc1C[NH2+][C@@H](C)[C@H](OC(=O)OCc1ccccc1)c1cc(C(F)(F)F)cc(C(F)(F)F)c1.[Cl-]. The quantitative estimate of drug-likeness (QED) is 0.129. The van der Waals surface area contributed by atoms with Crippen molar-refractivity contribution in [3.63, 3.8) is 0 Å². The normalized spacial score (nSPS) is 13.3. The highest BCUT2D eigenvalue weighted by atomic mass is 35.5. The number of benzene rings is 4. The first kappa shape index (κ1) is 42.9. The fourth-order valence-electron chi connectivity index (χ4n) is 5.51. The Labute approximate surface area is 304 Å². The lowest BCUT2D eigenvalue weighted by atomic mass is 9.92. The van der Waals surface area contributed by atoms with Crippen molar-refractivity contribution in [3.8, 4) is 16.9 Å². The van der Waals surface area contributed by atoms with Gasteiger partial charge in [0, 0.05) is 17.2 Å². The molecule has 0 amide bonds. The lowest BCUT2D eigenvalue weighted by molar-refractivity contribution is -0.708. The summed E-state index contributed by atoms with van der Waals surface area (Å²) in [5.74, 6) is -0.938. The van der Waals surface area contributed by atoms with Gasteiger partial charge in [-0.2, -0.15) is 39.5 Å². The molecule has 0 aliphatic carbocycles. The molecule has 0 heterocycles. The van der Waals surface area contributed by atoms with E-state index >= 15 is 0 Å². The van der Waals surface area contributed by atoms with Gasteiger partial charge in [0.1, 0.15) is 30.8 Å². The summed E-state index contributed by atoms with van der Waals surface area (Å²) < 4.78 is 155. The van der Waals surface area contributed by atoms with Crippen LogP contribution < -0.4 is 22.5 Å². The van der Waals surface area contributed by atoms with Crippen LogP contribution >= 0.6 is 0 Å². The number of rotatable bonds is 11. The molecule has 0 fully saturated rings. The van der Waals surface area contributed by atoms with Crippen LogP contribution in [0.5, 0.6) is 5.75 Å². The Bertz CT molecular complexity index is 1830. The van der Waals surface area contributed by atoms with E-state index < -0.39 is 64.9 Å². The number of quaternary nitrogens is 1. The molecule has 0 spiro atoms. The lowest BCUT2D eigenvalue weighted by Gasteiger charge is -2.25. The van der Waals surface area contributed by atoms with Gasteiger partial charge in [-0.1, -0.05) is 50.2 Å². The second kappa shape index (κ2) is 17.1. The lowest BCUT2D eigenvalue weighted by Crippen LogP contribution is -3.00. The Kier molecular flexibility index (Phi) is 13.8. The maximum absolute atomic E-state index is 14.8. The van der Waals surface area contributed by atoms with Gasteiger partial charge in [-0.3, -0.25) is 0 Å². The maximum Gasteiger partial charge on any atom is 0.509 e. The summed E-state index contributed by atoms with van der Waals surface area (Å²) >= 11 is 0. The minimum Gasteiger partial charge on any atom is -1.00 e. The van der Waals surface area contributed by atoms with Gasteiger partial charge in [0.05, 0.1) is 23.8 Å². The van der Waals surface area contributed by atoms with Crippen LogP contribution in [0.3, 0.4) is 0 Å². The number of nitrogens with two attached hydrogens (primary N) is 1. The standard InChI is InChI=1S/C37H33F10NO4.ClH/c1-20(2)29-16-30(32(50-4)17-31(29)38)28-11-10-25(35(39,40)41)14-24(28)18-48-21(3)33(52-34(49)51-19-22-8-6-5-7-9-22)23-12-26(36(42,43)44)15-27(13-23)37(45,46)47;/h5-17,20-21,33,48H,18-19H2,1-4H3;1H/t21-,33-;/m0./s1. The molecule has 0 aromatic heterocycles. The summed E-state index contributed by atoms with van der Waals surface area (Å²) in [4.78, 5) is 12.8. The molecule has 0 radical (unpaired) electrons. The van der Waals surface area contributed by atoms with Crippen molar-refractivity contribution in [1.82, 2.24) is 0 Å². The first-order valence-corrected chi connectivity index (χ1v) is 15.8. The molecule has 5 nitrogen and oxygen atoms in total. The first-order chi connectivity index (χ1) is 24.2. The Morgan fingerprint density at radius 3 is 1.85 bits per heavy atom. The van der Waals surface area contributed by atoms with Crippen molar-refractivity contribution < 1.29 is 80.6 Å². The van der Waals surface area contributed by atoms with Crippen LogP contribution in [0.25, 0.3) is 11.1 Å². The molecule has 0 aliphatic rings. The van der Waals surface area contributed by atoms with Crippen LogP contribution in [0.15, 0.2) is 78.9 Å². The van der Waals surface area contributed by atoms with Crippen molar-refractivity contribution in [2.75, 3.05) is 7.11 Å². The maximum atomic E-state index is 14.8.